The van der Waals surface area contributed by atoms with E-state index in [9.17, 15) is 9.59 Å². The summed E-state index contributed by atoms with van der Waals surface area (Å²) in [5, 5.41) is 0. The molecular weight excluding hydrogens is 384 g/mol. The number of ketones is 1. The Balaban J connectivity index is 1.39. The van der Waals surface area contributed by atoms with E-state index < -0.39 is 0 Å². The van der Waals surface area contributed by atoms with Crippen LogP contribution in [0.3, 0.4) is 0 Å². The first-order chi connectivity index (χ1) is 14.8. The van der Waals surface area contributed by atoms with Crippen LogP contribution in [0.15, 0.2) is 53.6 Å². The third kappa shape index (κ3) is 3.23. The first-order valence-electron chi connectivity index (χ1n) is 12.0. The van der Waals surface area contributed by atoms with Crippen LogP contribution in [0.5, 0.6) is 0 Å². The van der Waals surface area contributed by atoms with Gasteiger partial charge in [0.1, 0.15) is 6.10 Å². The van der Waals surface area contributed by atoms with Gasteiger partial charge in [0.25, 0.3) is 0 Å². The van der Waals surface area contributed by atoms with E-state index >= 15 is 0 Å². The summed E-state index contributed by atoms with van der Waals surface area (Å²) in [7, 11) is 0. The van der Waals surface area contributed by atoms with E-state index in [-0.39, 0.29) is 28.7 Å². The summed E-state index contributed by atoms with van der Waals surface area (Å²) in [6.45, 7) is 6.33. The number of fused-ring (bicyclic) bond motifs is 5. The molecule has 0 heterocycles. The van der Waals surface area contributed by atoms with E-state index in [2.05, 4.69) is 26.0 Å². The van der Waals surface area contributed by atoms with Crippen molar-refractivity contribution in [2.24, 2.45) is 28.6 Å². The molecule has 6 unspecified atom stereocenters. The monoisotopic (exact) mass is 418 g/mol. The van der Waals surface area contributed by atoms with Crippen molar-refractivity contribution in [3.63, 3.8) is 0 Å². The van der Waals surface area contributed by atoms with Crippen molar-refractivity contribution in [1.29, 1.82) is 0 Å². The van der Waals surface area contributed by atoms with Gasteiger partial charge < -0.3 is 4.74 Å². The van der Waals surface area contributed by atoms with Gasteiger partial charge in [-0.05, 0) is 67.1 Å². The van der Waals surface area contributed by atoms with Crippen molar-refractivity contribution in [2.75, 3.05) is 0 Å². The largest absolute Gasteiger partial charge is 0.462 e. The highest BCUT2D eigenvalue weighted by molar-refractivity contribution is 6.09. The molecule has 6 atom stereocenters. The third-order valence-corrected chi connectivity index (χ3v) is 9.25. The molecule has 0 amide bonds. The van der Waals surface area contributed by atoms with Crippen LogP contribution in [0, 0.1) is 28.6 Å². The zero-order chi connectivity index (χ0) is 21.8. The zero-order valence-electron chi connectivity index (χ0n) is 19.0. The summed E-state index contributed by atoms with van der Waals surface area (Å²) in [4.78, 5) is 24.8. The first kappa shape index (κ1) is 20.7. The molecule has 1 aromatic rings. The molecule has 0 N–H and O–H groups in total. The molecule has 164 valence electrons. The molecule has 4 aliphatic rings. The van der Waals surface area contributed by atoms with E-state index in [0.29, 0.717) is 17.8 Å². The van der Waals surface area contributed by atoms with Crippen LogP contribution in [-0.2, 0) is 9.53 Å². The molecule has 4 aliphatic carbocycles. The van der Waals surface area contributed by atoms with Crippen molar-refractivity contribution in [3.8, 4) is 0 Å². The van der Waals surface area contributed by atoms with Crippen LogP contribution in [0.25, 0.3) is 0 Å². The summed E-state index contributed by atoms with van der Waals surface area (Å²) in [6.07, 6.45) is 12.2. The predicted octanol–water partition coefficient (Wildman–Crippen LogP) is 6.30. The van der Waals surface area contributed by atoms with Crippen LogP contribution in [0.4, 0.5) is 0 Å². The fraction of sp³-hybridized carbons (Fsp3) is 0.571. The quantitative estimate of drug-likeness (QED) is 0.329. The lowest BCUT2D eigenvalue weighted by molar-refractivity contribution is -0.148. The standard InChI is InChI=1S/C28H34O3/c1-18(29)31-21-13-15-27(2)20(17-21)9-10-22-23-11-12-25(28(23,3)16-14-24(22)27)26(30)19-7-5-4-6-8-19/h4-9,12,21-24H,10-11,13-17H2,1-3H3. The SMILES string of the molecule is CC(=O)OC1CCC2(C)C(=CCC3C2CCC2(C)C(C(=O)c4ccccc4)=CCC32)C1. The maximum Gasteiger partial charge on any atom is 0.302 e. The molecule has 3 nitrogen and oxygen atoms in total. The van der Waals surface area contributed by atoms with Crippen molar-refractivity contribution < 1.29 is 14.3 Å². The minimum atomic E-state index is -0.163. The lowest BCUT2D eigenvalue weighted by Gasteiger charge is -2.57. The average molecular weight is 419 g/mol. The maximum atomic E-state index is 13.4. The number of esters is 1. The van der Waals surface area contributed by atoms with E-state index in [1.54, 1.807) is 0 Å². The summed E-state index contributed by atoms with van der Waals surface area (Å²) in [5.41, 5.74) is 3.60. The number of carbonyl (C=O) groups excluding carboxylic acids is 2. The number of hydrogen-bond acceptors (Lipinski definition) is 3. The molecule has 0 aromatic heterocycles. The Hall–Kier alpha value is -2.16. The zero-order valence-corrected chi connectivity index (χ0v) is 19.0. The summed E-state index contributed by atoms with van der Waals surface area (Å²) in [6, 6.07) is 9.78. The molecule has 0 radical (unpaired) electrons. The first-order valence-corrected chi connectivity index (χ1v) is 12.0. The van der Waals surface area contributed by atoms with Gasteiger partial charge in [-0.2, -0.15) is 0 Å². The fourth-order valence-corrected chi connectivity index (χ4v) is 7.63. The van der Waals surface area contributed by atoms with Gasteiger partial charge in [-0.1, -0.05) is 61.9 Å². The molecule has 3 heteroatoms. The van der Waals surface area contributed by atoms with Crippen LogP contribution in [0.1, 0.15) is 76.1 Å². The lowest BCUT2D eigenvalue weighted by Crippen LogP contribution is -2.50. The normalized spacial score (nSPS) is 38.8. The Labute approximate surface area is 185 Å². The van der Waals surface area contributed by atoms with E-state index in [4.69, 9.17) is 4.74 Å². The molecule has 0 saturated heterocycles. The molecule has 2 fully saturated rings. The Morgan fingerprint density at radius 2 is 1.68 bits per heavy atom. The van der Waals surface area contributed by atoms with Gasteiger partial charge in [-0.3, -0.25) is 9.59 Å². The van der Waals surface area contributed by atoms with Crippen LogP contribution in [0.2, 0.25) is 0 Å². The van der Waals surface area contributed by atoms with Gasteiger partial charge >= 0.3 is 5.97 Å². The second-order valence-corrected chi connectivity index (χ2v) is 10.7. The summed E-state index contributed by atoms with van der Waals surface area (Å²) >= 11 is 0. The number of rotatable bonds is 3. The third-order valence-electron chi connectivity index (χ3n) is 9.25. The number of ether oxygens (including phenoxy) is 1. The van der Waals surface area contributed by atoms with E-state index in [0.717, 1.165) is 49.7 Å². The molecule has 0 aliphatic heterocycles. The minimum absolute atomic E-state index is 0.00919. The number of allylic oxidation sites excluding steroid dienone is 3. The van der Waals surface area contributed by atoms with Crippen molar-refractivity contribution in [3.05, 3.63) is 59.2 Å². The fourth-order valence-electron chi connectivity index (χ4n) is 7.63. The Morgan fingerprint density at radius 1 is 0.935 bits per heavy atom. The number of carbonyl (C=O) groups is 2. The van der Waals surface area contributed by atoms with Gasteiger partial charge in [-0.25, -0.2) is 0 Å². The topological polar surface area (TPSA) is 43.4 Å². The maximum absolute atomic E-state index is 13.4. The molecule has 0 spiro atoms. The Kier molecular flexibility index (Phi) is 4.99. The highest BCUT2D eigenvalue weighted by Crippen LogP contribution is 2.65. The number of benzene rings is 1. The van der Waals surface area contributed by atoms with Crippen LogP contribution >= 0.6 is 0 Å². The van der Waals surface area contributed by atoms with Gasteiger partial charge in [0.05, 0.1) is 0 Å². The van der Waals surface area contributed by atoms with Crippen molar-refractivity contribution in [2.45, 2.75) is 71.8 Å². The highest BCUT2D eigenvalue weighted by atomic mass is 16.5. The molecule has 1 aromatic carbocycles. The van der Waals surface area contributed by atoms with Crippen molar-refractivity contribution in [1.82, 2.24) is 0 Å². The highest BCUT2D eigenvalue weighted by Gasteiger charge is 2.57. The average Bonchev–Trinajstić information content (AvgIpc) is 3.11. The Morgan fingerprint density at radius 3 is 2.42 bits per heavy atom. The lowest BCUT2D eigenvalue weighted by atomic mass is 9.47. The summed E-state index contributed by atoms with van der Waals surface area (Å²) in [5.74, 6) is 1.92. The molecule has 31 heavy (non-hydrogen) atoms. The molecule has 2 saturated carbocycles. The van der Waals surface area contributed by atoms with Gasteiger partial charge in [0.15, 0.2) is 5.78 Å². The van der Waals surface area contributed by atoms with Crippen LogP contribution < -0.4 is 0 Å². The molecular formula is C28H34O3. The smallest absolute Gasteiger partial charge is 0.302 e. The van der Waals surface area contributed by atoms with Crippen LogP contribution in [-0.4, -0.2) is 17.9 Å². The van der Waals surface area contributed by atoms with E-state index in [1.807, 2.05) is 30.3 Å². The van der Waals surface area contributed by atoms with E-state index in [1.165, 1.54) is 18.9 Å². The van der Waals surface area contributed by atoms with Gasteiger partial charge in [0, 0.05) is 24.5 Å². The molecule has 5 rings (SSSR count). The Bertz CT molecular complexity index is 958. The van der Waals surface area contributed by atoms with Gasteiger partial charge in [-0.15, -0.1) is 0 Å². The van der Waals surface area contributed by atoms with Gasteiger partial charge in [0.2, 0.25) is 0 Å². The molecule has 0 bridgehead atoms. The minimum Gasteiger partial charge on any atom is -0.462 e. The van der Waals surface area contributed by atoms with Crippen molar-refractivity contribution >= 4 is 11.8 Å². The predicted molar refractivity (Wildman–Crippen MR) is 121 cm³/mol. The number of Topliss-reactive ketones (excluding diaryl/α,β-unsaturated/α-hetero) is 1. The summed E-state index contributed by atoms with van der Waals surface area (Å²) < 4.78 is 5.56. The second-order valence-electron chi connectivity index (χ2n) is 10.7. The second kappa shape index (κ2) is 7.46. The number of hydrogen-bond donors (Lipinski definition) is 0.